The lowest BCUT2D eigenvalue weighted by Gasteiger charge is -2.37. The van der Waals surface area contributed by atoms with Crippen LogP contribution in [0.2, 0.25) is 0 Å². The molecule has 1 aliphatic heterocycles. The zero-order valence-electron chi connectivity index (χ0n) is 20.2. The number of carbonyl (C=O) groups excluding carboxylic acids is 1. The molecule has 1 amide bonds. The van der Waals surface area contributed by atoms with Gasteiger partial charge in [-0.1, -0.05) is 30.9 Å². The fourth-order valence-corrected chi connectivity index (χ4v) is 5.06. The fraction of sp³-hybridized carbons (Fsp3) is 0.320. The zero-order chi connectivity index (χ0) is 24.9. The Morgan fingerprint density at radius 2 is 2.14 bits per heavy atom. The van der Waals surface area contributed by atoms with Crippen molar-refractivity contribution in [1.29, 1.82) is 0 Å². The maximum Gasteiger partial charge on any atom is 0.335 e. The third-order valence-electron chi connectivity index (χ3n) is 5.93. The van der Waals surface area contributed by atoms with E-state index < -0.39 is 0 Å². The number of amides is 1. The first kappa shape index (κ1) is 24.6. The number of ether oxygens (including phenoxy) is 1. The molecular weight excluding hydrogens is 464 g/mol. The minimum Gasteiger partial charge on any atom is -0.383 e. The van der Waals surface area contributed by atoms with E-state index in [1.165, 1.54) is 15.9 Å². The Morgan fingerprint density at radius 3 is 2.86 bits per heavy atom. The molecule has 1 aromatic carbocycles. The lowest BCUT2D eigenvalue weighted by Crippen LogP contribution is -2.52. The predicted molar refractivity (Wildman–Crippen MR) is 139 cm³/mol. The van der Waals surface area contributed by atoms with Gasteiger partial charge in [-0.25, -0.2) is 14.3 Å². The number of allylic oxidation sites excluding steroid dienone is 3. The second-order valence-electron chi connectivity index (χ2n) is 8.18. The third kappa shape index (κ3) is 5.00. The lowest BCUT2D eigenvalue weighted by molar-refractivity contribution is 0.0958. The molecule has 0 radical (unpaired) electrons. The summed E-state index contributed by atoms with van der Waals surface area (Å²) in [6, 6.07) is 7.70. The molecule has 0 unspecified atom stereocenters. The molecule has 3 aromatic rings. The highest BCUT2D eigenvalue weighted by atomic mass is 32.1. The zero-order valence-corrected chi connectivity index (χ0v) is 21.0. The van der Waals surface area contributed by atoms with E-state index in [1.54, 1.807) is 30.2 Å². The van der Waals surface area contributed by atoms with Crippen molar-refractivity contribution in [2.24, 2.45) is 7.05 Å². The number of nitrogens with one attached hydrogen (secondary N) is 2. The number of piperazine rings is 1. The van der Waals surface area contributed by atoms with Gasteiger partial charge in [-0.2, -0.15) is 0 Å². The third-order valence-corrected chi connectivity index (χ3v) is 6.76. The van der Waals surface area contributed by atoms with Gasteiger partial charge in [0.15, 0.2) is 5.13 Å². The molecule has 0 spiro atoms. The molecule has 10 heteroatoms. The SMILES string of the molecule is C=C/C=C(\C(=C/C)NC(=O)c1csc(-n2c(=O)n(C)c3ccccc32)n1)N1CCN[C@@H](COC)C1. The molecule has 9 nitrogen and oxygen atoms in total. The molecule has 1 aliphatic rings. The van der Waals surface area contributed by atoms with Crippen molar-refractivity contribution in [1.82, 2.24) is 29.7 Å². The number of aryl methyl sites for hydroxylation is 1. The minimum absolute atomic E-state index is 0.191. The van der Waals surface area contributed by atoms with Gasteiger partial charge in [0.2, 0.25) is 0 Å². The van der Waals surface area contributed by atoms with Crippen molar-refractivity contribution >= 4 is 28.3 Å². The molecule has 2 aromatic heterocycles. The number of imidazole rings is 1. The van der Waals surface area contributed by atoms with Crippen molar-refractivity contribution < 1.29 is 9.53 Å². The molecule has 1 atom stereocenters. The average molecular weight is 495 g/mol. The topological polar surface area (TPSA) is 93.4 Å². The van der Waals surface area contributed by atoms with Crippen molar-refractivity contribution in [2.45, 2.75) is 13.0 Å². The predicted octanol–water partition coefficient (Wildman–Crippen LogP) is 2.41. The summed E-state index contributed by atoms with van der Waals surface area (Å²) in [5.41, 5.74) is 3.14. The lowest BCUT2D eigenvalue weighted by atomic mass is 10.1. The number of para-hydroxylation sites is 2. The quantitative estimate of drug-likeness (QED) is 0.467. The van der Waals surface area contributed by atoms with E-state index in [2.05, 4.69) is 27.1 Å². The molecule has 0 saturated carbocycles. The van der Waals surface area contributed by atoms with Gasteiger partial charge < -0.3 is 20.3 Å². The van der Waals surface area contributed by atoms with Crippen molar-refractivity contribution in [2.75, 3.05) is 33.4 Å². The van der Waals surface area contributed by atoms with Gasteiger partial charge in [-0.15, -0.1) is 11.3 Å². The molecule has 0 aliphatic carbocycles. The van der Waals surface area contributed by atoms with Gasteiger partial charge in [0.25, 0.3) is 5.91 Å². The molecule has 4 rings (SSSR count). The molecular formula is C25H30N6O3S. The number of thiazole rings is 1. The fourth-order valence-electron chi connectivity index (χ4n) is 4.25. The summed E-state index contributed by atoms with van der Waals surface area (Å²) >= 11 is 1.26. The van der Waals surface area contributed by atoms with Gasteiger partial charge >= 0.3 is 5.69 Å². The van der Waals surface area contributed by atoms with E-state index in [-0.39, 0.29) is 23.3 Å². The summed E-state index contributed by atoms with van der Waals surface area (Å²) in [6.45, 7) is 8.67. The number of aromatic nitrogens is 3. The normalized spacial score (nSPS) is 17.1. The van der Waals surface area contributed by atoms with Gasteiger partial charge in [0.1, 0.15) is 5.69 Å². The van der Waals surface area contributed by atoms with Crippen LogP contribution in [0.4, 0.5) is 0 Å². The van der Waals surface area contributed by atoms with Crippen LogP contribution in [0.5, 0.6) is 0 Å². The van der Waals surface area contributed by atoms with Crippen molar-refractivity contribution in [3.63, 3.8) is 0 Å². The maximum atomic E-state index is 13.2. The first-order valence-electron chi connectivity index (χ1n) is 11.4. The molecule has 2 N–H and O–H groups in total. The molecule has 0 bridgehead atoms. The largest absolute Gasteiger partial charge is 0.383 e. The molecule has 1 saturated heterocycles. The summed E-state index contributed by atoms with van der Waals surface area (Å²) in [6.07, 6.45) is 5.47. The number of nitrogens with zero attached hydrogens (tertiary/aromatic N) is 4. The summed E-state index contributed by atoms with van der Waals surface area (Å²) in [4.78, 5) is 32.7. The van der Waals surface area contributed by atoms with Crippen LogP contribution < -0.4 is 16.3 Å². The smallest absolute Gasteiger partial charge is 0.335 e. The summed E-state index contributed by atoms with van der Waals surface area (Å²) < 4.78 is 8.42. The first-order chi connectivity index (χ1) is 17.0. The van der Waals surface area contributed by atoms with E-state index in [0.29, 0.717) is 17.4 Å². The van der Waals surface area contributed by atoms with Gasteiger partial charge in [-0.05, 0) is 25.1 Å². The number of rotatable bonds is 8. The average Bonchev–Trinajstić information content (AvgIpc) is 3.45. The molecule has 35 heavy (non-hydrogen) atoms. The second kappa shape index (κ2) is 10.9. The number of hydrogen-bond acceptors (Lipinski definition) is 7. The van der Waals surface area contributed by atoms with Crippen LogP contribution in [-0.4, -0.2) is 64.3 Å². The van der Waals surface area contributed by atoms with Crippen molar-refractivity contribution in [3.8, 4) is 5.13 Å². The van der Waals surface area contributed by atoms with E-state index in [0.717, 1.165) is 36.4 Å². The van der Waals surface area contributed by atoms with Crippen molar-refractivity contribution in [3.05, 3.63) is 82.0 Å². The van der Waals surface area contributed by atoms with Crippen LogP contribution in [0.15, 0.2) is 70.6 Å². The van der Waals surface area contributed by atoms with Crippen LogP contribution >= 0.6 is 11.3 Å². The van der Waals surface area contributed by atoms with Gasteiger partial charge in [-0.3, -0.25) is 9.36 Å². The van der Waals surface area contributed by atoms with Crippen LogP contribution in [0.1, 0.15) is 17.4 Å². The summed E-state index contributed by atoms with van der Waals surface area (Å²) in [7, 11) is 3.41. The highest BCUT2D eigenvalue weighted by molar-refractivity contribution is 7.12. The number of methoxy groups -OCH3 is 1. The first-order valence-corrected chi connectivity index (χ1v) is 12.3. The van der Waals surface area contributed by atoms with Crippen LogP contribution in [0.3, 0.4) is 0 Å². The Bertz CT molecular complexity index is 1350. The highest BCUT2D eigenvalue weighted by Crippen LogP contribution is 2.21. The van der Waals surface area contributed by atoms with Crippen LogP contribution in [0, 0.1) is 0 Å². The molecule has 184 valence electrons. The maximum absolute atomic E-state index is 13.2. The second-order valence-corrected chi connectivity index (χ2v) is 9.01. The monoisotopic (exact) mass is 494 g/mol. The standard InChI is InChI=1S/C25H30N6O3S/c1-5-9-20(30-13-12-26-17(14-30)15-34-4)18(6-2)27-23(32)19-16-35-24(28-19)31-22-11-8-7-10-21(22)29(3)25(31)33/h5-11,16-17,26H,1,12-15H2,2-4H3,(H,27,32)/b18-6+,20-9+/t17-/m1/s1. The summed E-state index contributed by atoms with van der Waals surface area (Å²) in [5, 5.41) is 8.56. The number of benzene rings is 1. The van der Waals surface area contributed by atoms with Crippen LogP contribution in [-0.2, 0) is 11.8 Å². The Labute approximate surface area is 208 Å². The van der Waals surface area contributed by atoms with Gasteiger partial charge in [0.05, 0.1) is 29.0 Å². The van der Waals surface area contributed by atoms with Gasteiger partial charge in [0, 0.05) is 45.2 Å². The minimum atomic E-state index is -0.340. The van der Waals surface area contributed by atoms with E-state index in [4.69, 9.17) is 4.74 Å². The number of fused-ring (bicyclic) bond motifs is 1. The Hall–Kier alpha value is -3.47. The Morgan fingerprint density at radius 1 is 1.37 bits per heavy atom. The summed E-state index contributed by atoms with van der Waals surface area (Å²) in [5.74, 6) is -0.340. The number of carbonyl (C=O) groups is 1. The molecule has 3 heterocycles. The number of hydrogen-bond donors (Lipinski definition) is 2. The van der Waals surface area contributed by atoms with E-state index in [1.807, 2.05) is 43.3 Å². The van der Waals surface area contributed by atoms with Crippen LogP contribution in [0.25, 0.3) is 16.2 Å². The Kier molecular flexibility index (Phi) is 7.64. The highest BCUT2D eigenvalue weighted by Gasteiger charge is 2.24. The van der Waals surface area contributed by atoms with E-state index >= 15 is 0 Å². The molecule has 1 fully saturated rings. The Balaban J connectivity index is 1.57. The van der Waals surface area contributed by atoms with E-state index in [9.17, 15) is 9.59 Å².